The fourth-order valence-electron chi connectivity index (χ4n) is 13.6. The van der Waals surface area contributed by atoms with Gasteiger partial charge in [-0.15, -0.1) is 11.3 Å². The Labute approximate surface area is 348 Å². The van der Waals surface area contributed by atoms with Crippen molar-refractivity contribution in [2.24, 2.45) is 23.7 Å². The van der Waals surface area contributed by atoms with E-state index in [0.717, 1.165) is 23.7 Å². The molecule has 1 spiro atoms. The van der Waals surface area contributed by atoms with E-state index in [1.165, 1.54) is 129 Å². The predicted molar refractivity (Wildman–Crippen MR) is 251 cm³/mol. The van der Waals surface area contributed by atoms with Gasteiger partial charge in [0, 0.05) is 25.6 Å². The van der Waals surface area contributed by atoms with Crippen molar-refractivity contribution < 1.29 is 0 Å². The zero-order valence-corrected chi connectivity index (χ0v) is 33.7. The predicted octanol–water partition coefficient (Wildman–Crippen LogP) is 16.2. The third-order valence-electron chi connectivity index (χ3n) is 15.6. The molecule has 5 aliphatic rings. The minimum Gasteiger partial charge on any atom is -0.135 e. The van der Waals surface area contributed by atoms with Gasteiger partial charge in [0.2, 0.25) is 0 Å². The Kier molecular flexibility index (Phi) is 6.70. The molecular formula is C58H42S. The Morgan fingerprint density at radius 1 is 0.373 bits per heavy atom. The van der Waals surface area contributed by atoms with Gasteiger partial charge in [-0.25, -0.2) is 0 Å². The number of rotatable bonds is 3. The van der Waals surface area contributed by atoms with Crippen LogP contribution in [0.5, 0.6) is 0 Å². The normalized spacial score (nSPS) is 22.6. The van der Waals surface area contributed by atoms with Crippen molar-refractivity contribution in [1.82, 2.24) is 0 Å². The topological polar surface area (TPSA) is 0 Å². The molecule has 0 unspecified atom stereocenters. The summed E-state index contributed by atoms with van der Waals surface area (Å²) in [6.45, 7) is 0. The van der Waals surface area contributed by atoms with E-state index < -0.39 is 0 Å². The van der Waals surface area contributed by atoms with Crippen LogP contribution in [0.3, 0.4) is 0 Å². The molecule has 59 heavy (non-hydrogen) atoms. The highest BCUT2D eigenvalue weighted by Gasteiger charge is 2.61. The highest BCUT2D eigenvalue weighted by molar-refractivity contribution is 7.26. The second kappa shape index (κ2) is 12.0. The number of fused-ring (bicyclic) bond motifs is 9. The van der Waals surface area contributed by atoms with Crippen LogP contribution in [0.2, 0.25) is 0 Å². The lowest BCUT2D eigenvalue weighted by Gasteiger charge is -2.61. The van der Waals surface area contributed by atoms with Crippen LogP contribution in [0.1, 0.15) is 43.2 Å². The molecule has 0 aliphatic heterocycles. The number of hydrogen-bond acceptors (Lipinski definition) is 1. The van der Waals surface area contributed by atoms with Gasteiger partial charge in [0.25, 0.3) is 0 Å². The Hall–Kier alpha value is -6.02. The van der Waals surface area contributed by atoms with E-state index in [1.54, 1.807) is 11.1 Å². The van der Waals surface area contributed by atoms with Gasteiger partial charge in [0.15, 0.2) is 0 Å². The van der Waals surface area contributed by atoms with Gasteiger partial charge < -0.3 is 0 Å². The summed E-state index contributed by atoms with van der Waals surface area (Å²) in [7, 11) is 0. The maximum atomic E-state index is 2.63. The fourth-order valence-corrected chi connectivity index (χ4v) is 14.8. The van der Waals surface area contributed by atoms with Crippen LogP contribution in [0.25, 0.3) is 97.0 Å². The van der Waals surface area contributed by atoms with Gasteiger partial charge in [-0.3, -0.25) is 0 Å². The number of thiophene rings is 1. The van der Waals surface area contributed by atoms with Crippen LogP contribution < -0.4 is 0 Å². The SMILES string of the molecule is c1ccc2cc3c(cc2c1)-c1cc(-c2c4ccccc4c(-c4ccc(-c5cccc6c5sc5ccccc56)cc4)c4ccccc24)ccc1C31C2CC3CC(C2)CC1C3. The minimum absolute atomic E-state index is 0.142. The molecule has 280 valence electrons. The fraction of sp³-hybridized carbons (Fsp3) is 0.172. The summed E-state index contributed by atoms with van der Waals surface area (Å²) in [6, 6.07) is 65.3. The highest BCUT2D eigenvalue weighted by atomic mass is 32.1. The van der Waals surface area contributed by atoms with Crippen LogP contribution in [0.15, 0.2) is 170 Å². The molecule has 4 fully saturated rings. The van der Waals surface area contributed by atoms with E-state index >= 15 is 0 Å². The molecule has 0 atom stereocenters. The molecule has 0 nitrogen and oxygen atoms in total. The first-order valence-corrected chi connectivity index (χ1v) is 22.7. The summed E-state index contributed by atoms with van der Waals surface area (Å²) in [5.74, 6) is 3.35. The minimum atomic E-state index is 0.142. The lowest BCUT2D eigenvalue weighted by Crippen LogP contribution is -2.55. The summed E-state index contributed by atoms with van der Waals surface area (Å²) in [5.41, 5.74) is 14.2. The maximum absolute atomic E-state index is 2.63. The van der Waals surface area contributed by atoms with Gasteiger partial charge in [-0.1, -0.05) is 146 Å². The van der Waals surface area contributed by atoms with Gasteiger partial charge in [-0.2, -0.15) is 0 Å². The van der Waals surface area contributed by atoms with Crippen molar-refractivity contribution in [2.75, 3.05) is 0 Å². The van der Waals surface area contributed by atoms with E-state index in [1.807, 2.05) is 11.3 Å². The van der Waals surface area contributed by atoms with Crippen molar-refractivity contribution in [2.45, 2.75) is 37.5 Å². The molecule has 1 aromatic heterocycles. The number of hydrogen-bond donors (Lipinski definition) is 0. The average Bonchev–Trinajstić information content (AvgIpc) is 3.80. The third-order valence-corrected chi connectivity index (χ3v) is 16.8. The zero-order chi connectivity index (χ0) is 38.4. The molecule has 0 radical (unpaired) electrons. The Balaban J connectivity index is 0.956. The Morgan fingerprint density at radius 2 is 0.898 bits per heavy atom. The number of benzene rings is 9. The average molecular weight is 771 g/mol. The molecular weight excluding hydrogens is 729 g/mol. The van der Waals surface area contributed by atoms with Crippen molar-refractivity contribution in [3.63, 3.8) is 0 Å². The van der Waals surface area contributed by atoms with E-state index in [2.05, 4.69) is 170 Å². The van der Waals surface area contributed by atoms with Crippen LogP contribution in [-0.2, 0) is 5.41 Å². The summed E-state index contributed by atoms with van der Waals surface area (Å²) >= 11 is 1.90. The van der Waals surface area contributed by atoms with E-state index in [4.69, 9.17) is 0 Å². The van der Waals surface area contributed by atoms with Crippen LogP contribution in [0, 0.1) is 23.7 Å². The molecule has 15 rings (SSSR count). The molecule has 4 bridgehead atoms. The standard InChI is InChI=1S/C58H42S/c1-2-11-39-33-53-51(31-38(39)10-1)50-32-40(24-25-52(50)58(53)41-27-34-26-35(29-41)30-42(58)28-34)56-47-15-5-3-13-45(47)55(46-14-4-6-16-48(46)56)37-22-20-36(21-23-37)43-17-9-18-49-44-12-7-8-19-54(44)59-57(43)49/h1-25,31-35,41-42H,26-30H2. The van der Waals surface area contributed by atoms with E-state index in [-0.39, 0.29) is 5.41 Å². The Bertz CT molecular complexity index is 3310. The molecule has 1 heterocycles. The van der Waals surface area contributed by atoms with Crippen LogP contribution in [-0.4, -0.2) is 0 Å². The molecule has 0 N–H and O–H groups in total. The van der Waals surface area contributed by atoms with Crippen molar-refractivity contribution in [3.05, 3.63) is 181 Å². The van der Waals surface area contributed by atoms with Crippen molar-refractivity contribution in [1.29, 1.82) is 0 Å². The molecule has 5 aliphatic carbocycles. The smallest absolute Gasteiger partial charge is 0.0433 e. The molecule has 10 aromatic rings. The highest BCUT2D eigenvalue weighted by Crippen LogP contribution is 2.70. The molecule has 1 heteroatoms. The summed E-state index contributed by atoms with van der Waals surface area (Å²) in [5, 5.41) is 10.7. The van der Waals surface area contributed by atoms with Crippen LogP contribution in [0.4, 0.5) is 0 Å². The third kappa shape index (κ3) is 4.44. The summed E-state index contributed by atoms with van der Waals surface area (Å²) in [4.78, 5) is 0. The summed E-state index contributed by atoms with van der Waals surface area (Å²) < 4.78 is 2.71. The molecule has 9 aromatic carbocycles. The van der Waals surface area contributed by atoms with Gasteiger partial charge >= 0.3 is 0 Å². The lowest BCUT2D eigenvalue weighted by molar-refractivity contribution is -0.0398. The van der Waals surface area contributed by atoms with Gasteiger partial charge in [0.1, 0.15) is 0 Å². The van der Waals surface area contributed by atoms with Crippen LogP contribution >= 0.6 is 11.3 Å². The first-order valence-electron chi connectivity index (χ1n) is 21.8. The first-order chi connectivity index (χ1) is 29.2. The van der Waals surface area contributed by atoms with Crippen molar-refractivity contribution in [3.8, 4) is 44.5 Å². The van der Waals surface area contributed by atoms with Gasteiger partial charge in [-0.05, 0) is 168 Å². The maximum Gasteiger partial charge on any atom is 0.0433 e. The Morgan fingerprint density at radius 3 is 1.58 bits per heavy atom. The second-order valence-corrected chi connectivity index (χ2v) is 19.4. The van der Waals surface area contributed by atoms with E-state index in [9.17, 15) is 0 Å². The first kappa shape index (κ1) is 32.9. The largest absolute Gasteiger partial charge is 0.135 e. The quantitative estimate of drug-likeness (QED) is 0.157. The van der Waals surface area contributed by atoms with Gasteiger partial charge in [0.05, 0.1) is 0 Å². The molecule has 0 saturated heterocycles. The molecule has 4 saturated carbocycles. The van der Waals surface area contributed by atoms with E-state index in [0.29, 0.717) is 0 Å². The van der Waals surface area contributed by atoms with Crippen molar-refractivity contribution >= 4 is 63.8 Å². The monoisotopic (exact) mass is 770 g/mol. The second-order valence-electron chi connectivity index (χ2n) is 18.4. The summed E-state index contributed by atoms with van der Waals surface area (Å²) in [6.07, 6.45) is 7.08. The lowest BCUT2D eigenvalue weighted by atomic mass is 9.43. The molecule has 0 amide bonds. The zero-order valence-electron chi connectivity index (χ0n) is 32.9.